The standard InChI is InChI=1S/C14H23ClN2O3S/c1-14(2,6-7-20-3)10-17-21(18,19)13-5-4-11(9-16)8-12(13)15/h4-5,8,17H,6-7,9-10,16H2,1-3H3. The summed E-state index contributed by atoms with van der Waals surface area (Å²) < 4.78 is 32.3. The minimum Gasteiger partial charge on any atom is -0.385 e. The fourth-order valence-corrected chi connectivity index (χ4v) is 3.53. The molecule has 0 fully saturated rings. The van der Waals surface area contributed by atoms with Crippen LogP contribution in [0.25, 0.3) is 0 Å². The van der Waals surface area contributed by atoms with Crippen molar-refractivity contribution >= 4 is 21.6 Å². The third-order valence-corrected chi connectivity index (χ3v) is 5.13. The van der Waals surface area contributed by atoms with E-state index in [1.807, 2.05) is 13.8 Å². The van der Waals surface area contributed by atoms with Gasteiger partial charge in [-0.2, -0.15) is 0 Å². The summed E-state index contributed by atoms with van der Waals surface area (Å²) in [6.45, 7) is 5.17. The SMILES string of the molecule is COCCC(C)(C)CNS(=O)(=O)c1ccc(CN)cc1Cl. The maximum absolute atomic E-state index is 12.3. The third kappa shape index (κ3) is 5.56. The fraction of sp³-hybridized carbons (Fsp3) is 0.571. The first kappa shape index (κ1) is 18.4. The molecular weight excluding hydrogens is 312 g/mol. The van der Waals surface area contributed by atoms with Crippen molar-refractivity contribution in [2.45, 2.75) is 31.7 Å². The Balaban J connectivity index is 2.82. The number of nitrogens with two attached hydrogens (primary N) is 1. The van der Waals surface area contributed by atoms with E-state index >= 15 is 0 Å². The lowest BCUT2D eigenvalue weighted by atomic mass is 9.90. The first-order valence-electron chi connectivity index (χ1n) is 6.69. The van der Waals surface area contributed by atoms with Crippen LogP contribution in [0.5, 0.6) is 0 Å². The third-order valence-electron chi connectivity index (χ3n) is 3.25. The van der Waals surface area contributed by atoms with Crippen LogP contribution in [0.15, 0.2) is 23.1 Å². The largest absolute Gasteiger partial charge is 0.385 e. The van der Waals surface area contributed by atoms with Gasteiger partial charge in [-0.05, 0) is 29.5 Å². The molecule has 0 unspecified atom stereocenters. The first-order valence-corrected chi connectivity index (χ1v) is 8.55. The van der Waals surface area contributed by atoms with Crippen molar-refractivity contribution in [3.63, 3.8) is 0 Å². The summed E-state index contributed by atoms with van der Waals surface area (Å²) in [5.74, 6) is 0. The zero-order chi connectivity index (χ0) is 16.1. The van der Waals surface area contributed by atoms with E-state index < -0.39 is 10.0 Å². The predicted molar refractivity (Wildman–Crippen MR) is 84.8 cm³/mol. The monoisotopic (exact) mass is 334 g/mol. The van der Waals surface area contributed by atoms with Crippen LogP contribution in [0, 0.1) is 5.41 Å². The molecule has 1 aromatic rings. The summed E-state index contributed by atoms with van der Waals surface area (Å²) in [5.41, 5.74) is 6.09. The lowest BCUT2D eigenvalue weighted by Gasteiger charge is -2.24. The number of hydrogen-bond acceptors (Lipinski definition) is 4. The molecule has 0 heterocycles. The van der Waals surface area contributed by atoms with Crippen LogP contribution in [-0.4, -0.2) is 28.7 Å². The summed E-state index contributed by atoms with van der Waals surface area (Å²) in [4.78, 5) is 0.0731. The molecule has 21 heavy (non-hydrogen) atoms. The normalized spacial score (nSPS) is 12.6. The molecule has 0 radical (unpaired) electrons. The van der Waals surface area contributed by atoms with Crippen molar-refractivity contribution < 1.29 is 13.2 Å². The van der Waals surface area contributed by atoms with Crippen LogP contribution >= 0.6 is 11.6 Å². The van der Waals surface area contributed by atoms with E-state index in [1.165, 1.54) is 6.07 Å². The van der Waals surface area contributed by atoms with Gasteiger partial charge in [-0.3, -0.25) is 0 Å². The molecule has 0 amide bonds. The quantitative estimate of drug-likeness (QED) is 0.763. The number of nitrogens with one attached hydrogen (secondary N) is 1. The molecule has 0 saturated carbocycles. The van der Waals surface area contributed by atoms with Gasteiger partial charge in [0.2, 0.25) is 10.0 Å². The second kappa shape index (κ2) is 7.56. The van der Waals surface area contributed by atoms with Crippen molar-refractivity contribution in [3.8, 4) is 0 Å². The zero-order valence-corrected chi connectivity index (χ0v) is 14.2. The van der Waals surface area contributed by atoms with Crippen molar-refractivity contribution in [2.24, 2.45) is 11.1 Å². The molecular formula is C14H23ClN2O3S. The van der Waals surface area contributed by atoms with Gasteiger partial charge in [0.15, 0.2) is 0 Å². The summed E-state index contributed by atoms with van der Waals surface area (Å²) in [7, 11) is -2.01. The van der Waals surface area contributed by atoms with Crippen molar-refractivity contribution in [1.29, 1.82) is 0 Å². The number of sulfonamides is 1. The number of halogens is 1. The highest BCUT2D eigenvalue weighted by Crippen LogP contribution is 2.24. The molecule has 0 spiro atoms. The van der Waals surface area contributed by atoms with E-state index in [9.17, 15) is 8.42 Å². The molecule has 0 aliphatic heterocycles. The van der Waals surface area contributed by atoms with Gasteiger partial charge >= 0.3 is 0 Å². The van der Waals surface area contributed by atoms with Gasteiger partial charge in [-0.1, -0.05) is 31.5 Å². The van der Waals surface area contributed by atoms with E-state index in [2.05, 4.69) is 4.72 Å². The molecule has 5 nitrogen and oxygen atoms in total. The van der Waals surface area contributed by atoms with Gasteiger partial charge in [-0.25, -0.2) is 13.1 Å². The second-order valence-corrected chi connectivity index (χ2v) is 7.84. The van der Waals surface area contributed by atoms with Crippen LogP contribution in [-0.2, 0) is 21.3 Å². The van der Waals surface area contributed by atoms with Crippen LogP contribution in [0.1, 0.15) is 25.8 Å². The van der Waals surface area contributed by atoms with Crippen molar-refractivity contribution in [3.05, 3.63) is 28.8 Å². The summed E-state index contributed by atoms with van der Waals surface area (Å²) in [5, 5.41) is 0.181. The first-order chi connectivity index (χ1) is 9.72. The number of hydrogen-bond donors (Lipinski definition) is 2. The zero-order valence-electron chi connectivity index (χ0n) is 12.6. The molecule has 1 rings (SSSR count). The minimum absolute atomic E-state index is 0.0731. The average molecular weight is 335 g/mol. The lowest BCUT2D eigenvalue weighted by Crippen LogP contribution is -2.34. The van der Waals surface area contributed by atoms with Crippen LogP contribution in [0.3, 0.4) is 0 Å². The van der Waals surface area contributed by atoms with Crippen molar-refractivity contribution in [1.82, 2.24) is 4.72 Å². The Labute approximate surface area is 131 Å². The maximum atomic E-state index is 12.3. The van der Waals surface area contributed by atoms with Gasteiger partial charge in [0.05, 0.1) is 5.02 Å². The molecule has 0 aliphatic rings. The Morgan fingerprint density at radius 2 is 2.05 bits per heavy atom. The lowest BCUT2D eigenvalue weighted by molar-refractivity contribution is 0.153. The highest BCUT2D eigenvalue weighted by Gasteiger charge is 2.23. The van der Waals surface area contributed by atoms with E-state index in [4.69, 9.17) is 22.1 Å². The molecule has 7 heteroatoms. The Hall–Kier alpha value is -0.660. The minimum atomic E-state index is -3.64. The molecule has 120 valence electrons. The Kier molecular flexibility index (Phi) is 6.62. The summed E-state index contributed by atoms with van der Waals surface area (Å²) >= 11 is 6.03. The molecule has 1 aromatic carbocycles. The number of ether oxygens (including phenoxy) is 1. The number of methoxy groups -OCH3 is 1. The van der Waals surface area contributed by atoms with Gasteiger partial charge in [0.1, 0.15) is 4.90 Å². The smallest absolute Gasteiger partial charge is 0.242 e. The molecule has 0 bridgehead atoms. The predicted octanol–water partition coefficient (Wildman–Crippen LogP) is 2.14. The van der Waals surface area contributed by atoms with Gasteiger partial charge < -0.3 is 10.5 Å². The Morgan fingerprint density at radius 3 is 2.57 bits per heavy atom. The van der Waals surface area contributed by atoms with Gasteiger partial charge in [0, 0.05) is 26.8 Å². The second-order valence-electron chi connectivity index (χ2n) is 5.70. The highest BCUT2D eigenvalue weighted by atomic mass is 35.5. The average Bonchev–Trinajstić information content (AvgIpc) is 2.43. The highest BCUT2D eigenvalue weighted by molar-refractivity contribution is 7.89. The molecule has 0 saturated heterocycles. The summed E-state index contributed by atoms with van der Waals surface area (Å²) in [6.07, 6.45) is 0.756. The van der Waals surface area contributed by atoms with E-state index in [0.717, 1.165) is 12.0 Å². The number of rotatable bonds is 8. The number of benzene rings is 1. The molecule has 0 aliphatic carbocycles. The van der Waals surface area contributed by atoms with E-state index in [-0.39, 0.29) is 15.3 Å². The molecule has 3 N–H and O–H groups in total. The van der Waals surface area contributed by atoms with E-state index in [0.29, 0.717) is 19.7 Å². The van der Waals surface area contributed by atoms with Gasteiger partial charge in [-0.15, -0.1) is 0 Å². The topological polar surface area (TPSA) is 81.4 Å². The van der Waals surface area contributed by atoms with Crippen LogP contribution in [0.2, 0.25) is 5.02 Å². The van der Waals surface area contributed by atoms with Gasteiger partial charge in [0.25, 0.3) is 0 Å². The summed E-state index contributed by atoms with van der Waals surface area (Å²) in [6, 6.07) is 4.72. The van der Waals surface area contributed by atoms with E-state index in [1.54, 1.807) is 19.2 Å². The van der Waals surface area contributed by atoms with Crippen LogP contribution < -0.4 is 10.5 Å². The molecule has 0 atom stereocenters. The van der Waals surface area contributed by atoms with Crippen LogP contribution in [0.4, 0.5) is 0 Å². The molecule has 0 aromatic heterocycles. The van der Waals surface area contributed by atoms with Crippen molar-refractivity contribution in [2.75, 3.05) is 20.3 Å². The maximum Gasteiger partial charge on any atom is 0.242 e. The fourth-order valence-electron chi connectivity index (χ4n) is 1.72. The Morgan fingerprint density at radius 1 is 1.38 bits per heavy atom. The Bertz CT molecular complexity index is 574.